The molecular formula is C13H24N2. The van der Waals surface area contributed by atoms with Crippen LogP contribution in [-0.2, 0) is 0 Å². The average Bonchev–Trinajstić information content (AvgIpc) is 3.09. The highest BCUT2D eigenvalue weighted by Crippen LogP contribution is 2.35. The van der Waals surface area contributed by atoms with Gasteiger partial charge in [-0.2, -0.15) is 0 Å². The van der Waals surface area contributed by atoms with Crippen molar-refractivity contribution in [2.75, 3.05) is 13.1 Å². The molecule has 3 aliphatic rings. The van der Waals surface area contributed by atoms with Crippen LogP contribution < -0.4 is 5.32 Å². The summed E-state index contributed by atoms with van der Waals surface area (Å²) in [4.78, 5) is 2.71. The third kappa shape index (κ3) is 2.73. The molecule has 1 heterocycles. The molecule has 2 aliphatic carbocycles. The highest BCUT2D eigenvalue weighted by Gasteiger charge is 2.32. The summed E-state index contributed by atoms with van der Waals surface area (Å²) >= 11 is 0. The predicted molar refractivity (Wildman–Crippen MR) is 62.9 cm³/mol. The molecule has 0 bridgehead atoms. The summed E-state index contributed by atoms with van der Waals surface area (Å²) in [5.74, 6) is 1.08. The molecule has 2 atom stereocenters. The third-order valence-electron chi connectivity index (χ3n) is 4.26. The molecule has 0 spiro atoms. The molecule has 2 heteroatoms. The number of hydrogen-bond donors (Lipinski definition) is 1. The minimum atomic E-state index is 0.805. The van der Waals surface area contributed by atoms with Crippen molar-refractivity contribution in [1.82, 2.24) is 10.2 Å². The van der Waals surface area contributed by atoms with Crippen LogP contribution in [0.3, 0.4) is 0 Å². The zero-order valence-corrected chi connectivity index (χ0v) is 9.91. The van der Waals surface area contributed by atoms with Crippen LogP contribution in [0.15, 0.2) is 0 Å². The molecule has 3 fully saturated rings. The van der Waals surface area contributed by atoms with Crippen molar-refractivity contribution >= 4 is 0 Å². The fraction of sp³-hybridized carbons (Fsp3) is 1.00. The molecule has 86 valence electrons. The van der Waals surface area contributed by atoms with Gasteiger partial charge in [-0.25, -0.2) is 0 Å². The van der Waals surface area contributed by atoms with Crippen molar-refractivity contribution in [2.24, 2.45) is 5.92 Å². The standard InChI is InChI=1S/C13H24N2/c1-10(8-11-2-3-11)15-7-6-13(9-15)14-12-4-5-12/h10-14H,2-9H2,1H3. The minimum Gasteiger partial charge on any atom is -0.310 e. The number of likely N-dealkylation sites (tertiary alicyclic amines) is 1. The van der Waals surface area contributed by atoms with Gasteiger partial charge in [0.05, 0.1) is 0 Å². The zero-order chi connectivity index (χ0) is 10.3. The normalized spacial score (nSPS) is 34.6. The first-order valence-electron chi connectivity index (χ1n) is 6.81. The monoisotopic (exact) mass is 208 g/mol. The maximum absolute atomic E-state index is 3.76. The van der Waals surface area contributed by atoms with E-state index in [0.717, 1.165) is 24.0 Å². The Hall–Kier alpha value is -0.0800. The summed E-state index contributed by atoms with van der Waals surface area (Å²) in [6.07, 6.45) is 8.69. The Kier molecular flexibility index (Phi) is 2.73. The summed E-state index contributed by atoms with van der Waals surface area (Å²) in [6, 6.07) is 2.52. The number of hydrogen-bond acceptors (Lipinski definition) is 2. The second-order valence-corrected chi connectivity index (χ2v) is 5.95. The number of rotatable bonds is 5. The highest BCUT2D eigenvalue weighted by atomic mass is 15.2. The van der Waals surface area contributed by atoms with E-state index in [1.54, 1.807) is 0 Å². The number of nitrogens with zero attached hydrogens (tertiary/aromatic N) is 1. The lowest BCUT2D eigenvalue weighted by Gasteiger charge is -2.24. The topological polar surface area (TPSA) is 15.3 Å². The first-order chi connectivity index (χ1) is 7.31. The summed E-state index contributed by atoms with van der Waals surface area (Å²) in [7, 11) is 0. The minimum absolute atomic E-state index is 0.805. The average molecular weight is 208 g/mol. The van der Waals surface area contributed by atoms with Gasteiger partial charge in [-0.1, -0.05) is 12.8 Å². The van der Waals surface area contributed by atoms with Crippen LogP contribution in [0, 0.1) is 5.92 Å². The van der Waals surface area contributed by atoms with E-state index in [4.69, 9.17) is 0 Å². The Bertz CT molecular complexity index is 221. The van der Waals surface area contributed by atoms with E-state index in [-0.39, 0.29) is 0 Å². The van der Waals surface area contributed by atoms with Crippen molar-refractivity contribution in [3.63, 3.8) is 0 Å². The SMILES string of the molecule is CC(CC1CC1)N1CCC(NC2CC2)C1. The summed E-state index contributed by atoms with van der Waals surface area (Å²) < 4.78 is 0. The van der Waals surface area contributed by atoms with E-state index < -0.39 is 0 Å². The Morgan fingerprint density at radius 2 is 1.93 bits per heavy atom. The predicted octanol–water partition coefficient (Wildman–Crippen LogP) is 2.00. The molecule has 15 heavy (non-hydrogen) atoms. The molecule has 0 aromatic carbocycles. The van der Waals surface area contributed by atoms with Gasteiger partial charge in [0.1, 0.15) is 0 Å². The van der Waals surface area contributed by atoms with Gasteiger partial charge < -0.3 is 5.32 Å². The maximum atomic E-state index is 3.76. The molecule has 1 aliphatic heterocycles. The summed E-state index contributed by atoms with van der Waals surface area (Å²) in [6.45, 7) is 5.07. The van der Waals surface area contributed by atoms with Crippen LogP contribution in [0.5, 0.6) is 0 Å². The molecule has 2 saturated carbocycles. The maximum Gasteiger partial charge on any atom is 0.0209 e. The van der Waals surface area contributed by atoms with Gasteiger partial charge in [0, 0.05) is 31.2 Å². The van der Waals surface area contributed by atoms with Crippen LogP contribution >= 0.6 is 0 Å². The van der Waals surface area contributed by atoms with Gasteiger partial charge in [-0.15, -0.1) is 0 Å². The van der Waals surface area contributed by atoms with Gasteiger partial charge in [0.25, 0.3) is 0 Å². The van der Waals surface area contributed by atoms with Crippen molar-refractivity contribution in [3.8, 4) is 0 Å². The highest BCUT2D eigenvalue weighted by molar-refractivity contribution is 4.91. The van der Waals surface area contributed by atoms with Gasteiger partial charge in [0.15, 0.2) is 0 Å². The Morgan fingerprint density at radius 3 is 2.60 bits per heavy atom. The second kappa shape index (κ2) is 4.06. The zero-order valence-electron chi connectivity index (χ0n) is 9.91. The van der Waals surface area contributed by atoms with E-state index in [1.807, 2.05) is 0 Å². The van der Waals surface area contributed by atoms with Crippen LogP contribution in [0.25, 0.3) is 0 Å². The van der Waals surface area contributed by atoms with Crippen LogP contribution in [0.2, 0.25) is 0 Å². The van der Waals surface area contributed by atoms with Gasteiger partial charge in [0.2, 0.25) is 0 Å². The van der Waals surface area contributed by atoms with Crippen LogP contribution in [0.4, 0.5) is 0 Å². The smallest absolute Gasteiger partial charge is 0.0209 e. The molecule has 2 unspecified atom stereocenters. The van der Waals surface area contributed by atoms with E-state index in [9.17, 15) is 0 Å². The molecular weight excluding hydrogens is 184 g/mol. The van der Waals surface area contributed by atoms with E-state index in [1.165, 1.54) is 51.6 Å². The molecule has 1 N–H and O–H groups in total. The molecule has 0 aromatic heterocycles. The second-order valence-electron chi connectivity index (χ2n) is 5.95. The lowest BCUT2D eigenvalue weighted by molar-refractivity contribution is 0.233. The van der Waals surface area contributed by atoms with Gasteiger partial charge in [-0.3, -0.25) is 4.90 Å². The quantitative estimate of drug-likeness (QED) is 0.743. The third-order valence-corrected chi connectivity index (χ3v) is 4.26. The lowest BCUT2D eigenvalue weighted by Crippen LogP contribution is -2.37. The first kappa shape index (κ1) is 10.1. The molecule has 2 nitrogen and oxygen atoms in total. The van der Waals surface area contributed by atoms with E-state index in [2.05, 4.69) is 17.1 Å². The molecule has 1 saturated heterocycles. The van der Waals surface area contributed by atoms with E-state index >= 15 is 0 Å². The molecule has 0 radical (unpaired) electrons. The Labute approximate surface area is 93.4 Å². The Morgan fingerprint density at radius 1 is 1.13 bits per heavy atom. The fourth-order valence-corrected chi connectivity index (χ4v) is 2.89. The van der Waals surface area contributed by atoms with Gasteiger partial charge in [-0.05, 0) is 38.5 Å². The summed E-state index contributed by atoms with van der Waals surface area (Å²) in [5, 5.41) is 3.76. The summed E-state index contributed by atoms with van der Waals surface area (Å²) in [5.41, 5.74) is 0. The lowest BCUT2D eigenvalue weighted by atomic mass is 10.1. The van der Waals surface area contributed by atoms with Crippen LogP contribution in [0.1, 0.15) is 45.4 Å². The molecule has 0 aromatic rings. The van der Waals surface area contributed by atoms with Crippen molar-refractivity contribution in [2.45, 2.75) is 63.6 Å². The number of nitrogens with one attached hydrogen (secondary N) is 1. The van der Waals surface area contributed by atoms with E-state index in [0.29, 0.717) is 0 Å². The van der Waals surface area contributed by atoms with Crippen molar-refractivity contribution in [3.05, 3.63) is 0 Å². The van der Waals surface area contributed by atoms with Gasteiger partial charge >= 0.3 is 0 Å². The molecule has 3 rings (SSSR count). The molecule has 0 amide bonds. The van der Waals surface area contributed by atoms with Crippen molar-refractivity contribution < 1.29 is 0 Å². The first-order valence-corrected chi connectivity index (χ1v) is 6.81. The largest absolute Gasteiger partial charge is 0.310 e. The van der Waals surface area contributed by atoms with Crippen molar-refractivity contribution in [1.29, 1.82) is 0 Å². The Balaban J connectivity index is 1.42. The van der Waals surface area contributed by atoms with Crippen LogP contribution in [-0.4, -0.2) is 36.1 Å². The fourth-order valence-electron chi connectivity index (χ4n) is 2.89.